The summed E-state index contributed by atoms with van der Waals surface area (Å²) < 4.78 is 2.19. The van der Waals surface area contributed by atoms with Gasteiger partial charge in [0.05, 0.1) is 6.04 Å². The molecule has 0 saturated heterocycles. The Bertz CT molecular complexity index is 168. The molecule has 0 aliphatic heterocycles. The van der Waals surface area contributed by atoms with Crippen molar-refractivity contribution in [1.82, 2.24) is 5.32 Å². The van der Waals surface area contributed by atoms with Crippen LogP contribution in [0.4, 0.5) is 0 Å². The monoisotopic (exact) mass is 395 g/mol. The number of thiol groups is 1. The van der Waals surface area contributed by atoms with Gasteiger partial charge in [-0.05, 0) is 0 Å². The van der Waals surface area contributed by atoms with E-state index < -0.39 is 24.5 Å². The van der Waals surface area contributed by atoms with E-state index in [1.807, 2.05) is 0 Å². The van der Waals surface area contributed by atoms with Crippen molar-refractivity contribution in [3.05, 3.63) is 0 Å². The van der Waals surface area contributed by atoms with Gasteiger partial charge in [-0.1, -0.05) is 0 Å². The second-order valence-corrected chi connectivity index (χ2v) is 2.27. The van der Waals surface area contributed by atoms with Crippen molar-refractivity contribution in [3.8, 4) is 0 Å². The molecule has 0 radical (unpaired) electrons. The van der Waals surface area contributed by atoms with Gasteiger partial charge in [0.15, 0.2) is 0 Å². The molecule has 0 spiro atoms. The second-order valence-electron chi connectivity index (χ2n) is 1.90. The van der Waals surface area contributed by atoms with Crippen LogP contribution in [0.2, 0.25) is 4.43 Å². The normalized spacial score (nSPS) is 10.8. The predicted molar refractivity (Wildman–Crippen MR) is 48.3 cm³/mol. The standard InChI is InChI=1S/C5H10N2O3S.CH3.Hg/c6-3(2-11)5(10)7-1-4(8)9;;/h3,11H,1-2,6H2,(H,7,10)(H,8,9);1H3;. The molecule has 0 aliphatic rings. The third-order valence-electron chi connectivity index (χ3n) is 0.947. The summed E-state index contributed by atoms with van der Waals surface area (Å²) in [7, 11) is 0. The summed E-state index contributed by atoms with van der Waals surface area (Å²) in [6.45, 7) is -0.402. The van der Waals surface area contributed by atoms with E-state index in [1.54, 1.807) is 0 Å². The fraction of sp³-hybridized carbons (Fsp3) is 0.667. The Labute approximate surface area is 98.8 Å². The van der Waals surface area contributed by atoms with Crippen molar-refractivity contribution in [2.24, 2.45) is 5.73 Å². The van der Waals surface area contributed by atoms with Crippen molar-refractivity contribution in [3.63, 3.8) is 0 Å². The first-order valence-electron chi connectivity index (χ1n) is 3.64. The van der Waals surface area contributed by atoms with E-state index in [1.165, 1.54) is 0 Å². The Morgan fingerprint density at radius 3 is 2.38 bits per heavy atom. The Morgan fingerprint density at radius 1 is 1.62 bits per heavy atom. The van der Waals surface area contributed by atoms with E-state index >= 15 is 0 Å². The Hall–Kier alpha value is 0.185. The van der Waals surface area contributed by atoms with Gasteiger partial charge in [-0.2, -0.15) is 12.6 Å². The topological polar surface area (TPSA) is 92.4 Å². The Morgan fingerprint density at radius 2 is 2.08 bits per heavy atom. The summed E-state index contributed by atoms with van der Waals surface area (Å²) >= 11 is 4.79. The summed E-state index contributed by atoms with van der Waals surface area (Å²) in [5.41, 5.74) is 5.22. The molecule has 0 saturated carbocycles. The predicted octanol–water partition coefficient (Wildman–Crippen LogP) is -0.974. The molecule has 1 unspecified atom stereocenters. The van der Waals surface area contributed by atoms with Crippen LogP contribution in [-0.2, 0) is 35.7 Å². The molecule has 4 N–H and O–H groups in total. The Balaban J connectivity index is 0. The van der Waals surface area contributed by atoms with Crippen molar-refractivity contribution in [1.29, 1.82) is 0 Å². The maximum absolute atomic E-state index is 10.7. The van der Waals surface area contributed by atoms with Crippen LogP contribution in [0.15, 0.2) is 0 Å². The molecule has 0 aliphatic carbocycles. The third-order valence-corrected chi connectivity index (χ3v) is 1.34. The van der Waals surface area contributed by atoms with Crippen molar-refractivity contribution in [2.75, 3.05) is 12.3 Å². The van der Waals surface area contributed by atoms with Crippen LogP contribution in [0.3, 0.4) is 0 Å². The quantitative estimate of drug-likeness (QED) is 0.365. The molecule has 0 aromatic heterocycles. The SMILES string of the molecule is NC(CS)C(=O)NCC(=O)O.[CH3][Hg]. The molecule has 73 valence electrons. The number of rotatable bonds is 4. The van der Waals surface area contributed by atoms with Gasteiger partial charge < -0.3 is 16.2 Å². The van der Waals surface area contributed by atoms with Crippen LogP contribution in [0.5, 0.6) is 0 Å². The van der Waals surface area contributed by atoms with Gasteiger partial charge in [0.2, 0.25) is 5.91 Å². The van der Waals surface area contributed by atoms with Crippen molar-refractivity contribution >= 4 is 24.5 Å². The molecular formula is C6H13HgN2O3S. The van der Waals surface area contributed by atoms with E-state index in [4.69, 9.17) is 10.8 Å². The van der Waals surface area contributed by atoms with Crippen LogP contribution in [0, 0.1) is 0 Å². The second kappa shape index (κ2) is 10.3. The summed E-state index contributed by atoms with van der Waals surface area (Å²) in [4.78, 5) is 20.7. The first-order valence-corrected chi connectivity index (χ1v) is 9.77. The Kier molecular flexibility index (Phi) is 12.4. The minimum absolute atomic E-state index is 0.200. The molecular weight excluding hydrogens is 381 g/mol. The van der Waals surface area contributed by atoms with Crippen LogP contribution in [-0.4, -0.2) is 35.3 Å². The van der Waals surface area contributed by atoms with Gasteiger partial charge in [-0.15, -0.1) is 0 Å². The van der Waals surface area contributed by atoms with Crippen molar-refractivity contribution < 1.29 is 40.8 Å². The zero-order chi connectivity index (χ0) is 10.9. The fourth-order valence-electron chi connectivity index (χ4n) is 0.377. The average molecular weight is 394 g/mol. The summed E-state index contributed by atoms with van der Waals surface area (Å²) in [5.74, 6) is -1.39. The number of carboxylic acids is 1. The molecule has 0 aromatic rings. The third kappa shape index (κ3) is 10.1. The number of amides is 1. The first kappa shape index (κ1) is 15.6. The van der Waals surface area contributed by atoms with Gasteiger partial charge in [-0.3, -0.25) is 9.59 Å². The molecule has 0 rings (SSSR count). The fourth-order valence-corrected chi connectivity index (χ4v) is 0.543. The van der Waals surface area contributed by atoms with E-state index in [0.717, 1.165) is 26.1 Å². The van der Waals surface area contributed by atoms with Crippen molar-refractivity contribution in [2.45, 2.75) is 10.5 Å². The summed E-state index contributed by atoms with van der Waals surface area (Å²) in [5, 5.41) is 10.3. The zero-order valence-corrected chi connectivity index (χ0v) is 13.9. The van der Waals surface area contributed by atoms with Gasteiger partial charge in [0.25, 0.3) is 0 Å². The number of carbonyl (C=O) groups is 2. The molecule has 0 fully saturated rings. The minimum atomic E-state index is -1.09. The van der Waals surface area contributed by atoms with Gasteiger partial charge in [-0.25, -0.2) is 0 Å². The number of carbonyl (C=O) groups excluding carboxylic acids is 1. The maximum atomic E-state index is 10.7. The van der Waals surface area contributed by atoms with Crippen LogP contribution < -0.4 is 11.1 Å². The summed E-state index contributed by atoms with van der Waals surface area (Å²) in [6.07, 6.45) is 0. The average Bonchev–Trinajstić information content (AvgIpc) is 2.16. The molecule has 0 aromatic carbocycles. The number of aliphatic carboxylic acids is 1. The van der Waals surface area contributed by atoms with Gasteiger partial charge >= 0.3 is 36.5 Å². The van der Waals surface area contributed by atoms with Crippen LogP contribution in [0.25, 0.3) is 0 Å². The number of nitrogens with one attached hydrogen (secondary N) is 1. The van der Waals surface area contributed by atoms with Gasteiger partial charge in [0.1, 0.15) is 6.54 Å². The number of carboxylic acid groups (broad SMARTS) is 1. The number of nitrogens with two attached hydrogens (primary N) is 1. The summed E-state index contributed by atoms with van der Waals surface area (Å²) in [6, 6.07) is -0.738. The molecule has 1 atom stereocenters. The van der Waals surface area contributed by atoms with Crippen LogP contribution in [0.1, 0.15) is 0 Å². The zero-order valence-electron chi connectivity index (χ0n) is 7.49. The molecule has 5 nitrogen and oxygen atoms in total. The van der Waals surface area contributed by atoms with E-state index in [9.17, 15) is 9.59 Å². The van der Waals surface area contributed by atoms with E-state index in [2.05, 4.69) is 22.4 Å². The molecule has 7 heteroatoms. The first-order chi connectivity index (χ1) is 6.07. The number of hydrogen-bond donors (Lipinski definition) is 4. The molecule has 0 bridgehead atoms. The van der Waals surface area contributed by atoms with E-state index in [0.29, 0.717) is 0 Å². The molecule has 0 heterocycles. The van der Waals surface area contributed by atoms with E-state index in [-0.39, 0.29) is 5.75 Å². The van der Waals surface area contributed by atoms with Crippen LogP contribution >= 0.6 is 12.6 Å². The molecule has 13 heavy (non-hydrogen) atoms. The molecule has 1 amide bonds. The number of hydrogen-bond acceptors (Lipinski definition) is 4. The van der Waals surface area contributed by atoms with Gasteiger partial charge in [0, 0.05) is 5.75 Å².